The first-order valence-electron chi connectivity index (χ1n) is 6.39. The van der Waals surface area contributed by atoms with Gasteiger partial charge < -0.3 is 15.1 Å². The first-order valence-corrected chi connectivity index (χ1v) is 6.39. The highest BCUT2D eigenvalue weighted by atomic mass is 16.6. The smallest absolute Gasteiger partial charge is 0.269 e. The van der Waals surface area contributed by atoms with Crippen LogP contribution < -0.4 is 4.90 Å². The van der Waals surface area contributed by atoms with Crippen molar-refractivity contribution in [2.24, 2.45) is 5.92 Å². The van der Waals surface area contributed by atoms with Crippen molar-refractivity contribution in [3.8, 4) is 0 Å². The third kappa shape index (κ3) is 3.02. The summed E-state index contributed by atoms with van der Waals surface area (Å²) in [4.78, 5) is 12.4. The summed E-state index contributed by atoms with van der Waals surface area (Å²) in [5.41, 5.74) is 1.43. The molecule has 0 aliphatic carbocycles. The summed E-state index contributed by atoms with van der Waals surface area (Å²) in [6.07, 6.45) is 1.80. The molecule has 0 amide bonds. The van der Waals surface area contributed by atoms with Gasteiger partial charge in [0.15, 0.2) is 0 Å². The lowest BCUT2D eigenvalue weighted by atomic mass is 9.97. The second kappa shape index (κ2) is 5.99. The van der Waals surface area contributed by atoms with E-state index in [2.05, 4.69) is 4.90 Å². The molecule has 0 spiro atoms. The van der Waals surface area contributed by atoms with Crippen LogP contribution in [0.3, 0.4) is 0 Å². The Balaban J connectivity index is 2.18. The molecule has 19 heavy (non-hydrogen) atoms. The third-order valence-corrected chi connectivity index (χ3v) is 3.66. The van der Waals surface area contributed by atoms with Gasteiger partial charge in [0.1, 0.15) is 0 Å². The standard InChI is InChI=1S/C13H18N2O4/c16-8-10-3-5-14(6-4-10)13-2-1-12(15(18)19)7-11(13)9-17/h1-2,7,10,16-17H,3-6,8-9H2. The minimum atomic E-state index is -0.457. The number of aliphatic hydroxyl groups excluding tert-OH is 2. The summed E-state index contributed by atoms with van der Waals surface area (Å²) in [6, 6.07) is 4.59. The van der Waals surface area contributed by atoms with E-state index >= 15 is 0 Å². The Kier molecular flexibility index (Phi) is 4.34. The second-order valence-corrected chi connectivity index (χ2v) is 4.84. The molecule has 0 atom stereocenters. The molecule has 0 aromatic heterocycles. The zero-order chi connectivity index (χ0) is 13.8. The van der Waals surface area contributed by atoms with E-state index in [-0.39, 0.29) is 18.9 Å². The lowest BCUT2D eigenvalue weighted by Gasteiger charge is -2.33. The fraction of sp³-hybridized carbons (Fsp3) is 0.538. The van der Waals surface area contributed by atoms with E-state index in [1.54, 1.807) is 6.07 Å². The second-order valence-electron chi connectivity index (χ2n) is 4.84. The zero-order valence-corrected chi connectivity index (χ0v) is 10.7. The summed E-state index contributed by atoms with van der Waals surface area (Å²) in [6.45, 7) is 1.60. The highest BCUT2D eigenvalue weighted by Gasteiger charge is 2.21. The van der Waals surface area contributed by atoms with E-state index in [9.17, 15) is 15.2 Å². The van der Waals surface area contributed by atoms with Gasteiger partial charge in [0, 0.05) is 43.1 Å². The van der Waals surface area contributed by atoms with Crippen LogP contribution in [0.4, 0.5) is 11.4 Å². The van der Waals surface area contributed by atoms with Crippen molar-refractivity contribution in [3.63, 3.8) is 0 Å². The number of benzene rings is 1. The largest absolute Gasteiger partial charge is 0.396 e. The lowest BCUT2D eigenvalue weighted by molar-refractivity contribution is -0.384. The van der Waals surface area contributed by atoms with Crippen molar-refractivity contribution in [1.82, 2.24) is 0 Å². The van der Waals surface area contributed by atoms with E-state index in [0.717, 1.165) is 31.6 Å². The molecule has 104 valence electrons. The highest BCUT2D eigenvalue weighted by molar-refractivity contribution is 5.58. The molecule has 6 heteroatoms. The lowest BCUT2D eigenvalue weighted by Crippen LogP contribution is -2.35. The maximum Gasteiger partial charge on any atom is 0.269 e. The molecule has 0 radical (unpaired) electrons. The molecule has 1 heterocycles. The Hall–Kier alpha value is -1.66. The minimum absolute atomic E-state index is 0.00181. The fourth-order valence-corrected chi connectivity index (χ4v) is 2.48. The average Bonchev–Trinajstić information content (AvgIpc) is 2.46. The maximum absolute atomic E-state index is 10.7. The molecular formula is C13H18N2O4. The summed E-state index contributed by atoms with van der Waals surface area (Å²) in [7, 11) is 0. The monoisotopic (exact) mass is 266 g/mol. The number of piperidine rings is 1. The number of aliphatic hydroxyl groups is 2. The van der Waals surface area contributed by atoms with E-state index in [1.165, 1.54) is 12.1 Å². The molecule has 1 aliphatic heterocycles. The SMILES string of the molecule is O=[N+]([O-])c1ccc(N2CCC(CO)CC2)c(CO)c1. The van der Waals surface area contributed by atoms with E-state index in [4.69, 9.17) is 5.11 Å². The molecule has 1 aliphatic rings. The molecule has 1 aromatic carbocycles. The molecule has 0 saturated carbocycles. The van der Waals surface area contributed by atoms with Crippen LogP contribution in [0.1, 0.15) is 18.4 Å². The van der Waals surface area contributed by atoms with Gasteiger partial charge in [-0.2, -0.15) is 0 Å². The number of anilines is 1. The number of hydrogen-bond acceptors (Lipinski definition) is 5. The number of hydrogen-bond donors (Lipinski definition) is 2. The van der Waals surface area contributed by atoms with Gasteiger partial charge in [0.2, 0.25) is 0 Å². The molecule has 0 unspecified atom stereocenters. The van der Waals surface area contributed by atoms with E-state index in [0.29, 0.717) is 11.5 Å². The fourth-order valence-electron chi connectivity index (χ4n) is 2.48. The van der Waals surface area contributed by atoms with Gasteiger partial charge >= 0.3 is 0 Å². The number of nitro groups is 1. The first-order chi connectivity index (χ1) is 9.15. The maximum atomic E-state index is 10.7. The zero-order valence-electron chi connectivity index (χ0n) is 10.7. The number of rotatable bonds is 4. The summed E-state index contributed by atoms with van der Waals surface area (Å²) >= 11 is 0. The van der Waals surface area contributed by atoms with Gasteiger partial charge in [-0.15, -0.1) is 0 Å². The van der Waals surface area contributed by atoms with E-state index < -0.39 is 4.92 Å². The van der Waals surface area contributed by atoms with Crippen LogP contribution in [-0.2, 0) is 6.61 Å². The molecule has 2 rings (SSSR count). The Morgan fingerprint density at radius 2 is 2.00 bits per heavy atom. The van der Waals surface area contributed by atoms with Gasteiger partial charge in [-0.05, 0) is 24.8 Å². The van der Waals surface area contributed by atoms with Crippen molar-refractivity contribution in [1.29, 1.82) is 0 Å². The Morgan fingerprint density at radius 1 is 1.32 bits per heavy atom. The summed E-state index contributed by atoms with van der Waals surface area (Å²) in [5, 5.41) is 29.2. The van der Waals surface area contributed by atoms with Gasteiger partial charge in [-0.25, -0.2) is 0 Å². The van der Waals surface area contributed by atoms with Crippen molar-refractivity contribution in [3.05, 3.63) is 33.9 Å². The van der Waals surface area contributed by atoms with Gasteiger partial charge in [0.05, 0.1) is 11.5 Å². The average molecular weight is 266 g/mol. The summed E-state index contributed by atoms with van der Waals surface area (Å²) in [5.74, 6) is 0.340. The van der Waals surface area contributed by atoms with Crippen molar-refractivity contribution in [2.75, 3.05) is 24.6 Å². The number of nitro benzene ring substituents is 1. The highest BCUT2D eigenvalue weighted by Crippen LogP contribution is 2.29. The first kappa shape index (κ1) is 13.8. The van der Waals surface area contributed by atoms with E-state index in [1.807, 2.05) is 0 Å². The molecular weight excluding hydrogens is 248 g/mol. The van der Waals surface area contributed by atoms with Gasteiger partial charge in [0.25, 0.3) is 5.69 Å². The molecule has 1 aromatic rings. The predicted molar refractivity (Wildman–Crippen MR) is 71.0 cm³/mol. The normalized spacial score (nSPS) is 16.6. The molecule has 2 N–H and O–H groups in total. The third-order valence-electron chi connectivity index (χ3n) is 3.66. The Morgan fingerprint density at radius 3 is 2.53 bits per heavy atom. The van der Waals surface area contributed by atoms with Crippen LogP contribution in [-0.4, -0.2) is 34.8 Å². The number of nitrogens with zero attached hydrogens (tertiary/aromatic N) is 2. The van der Waals surface area contributed by atoms with Crippen LogP contribution in [0.15, 0.2) is 18.2 Å². The van der Waals surface area contributed by atoms with Crippen LogP contribution in [0, 0.1) is 16.0 Å². The van der Waals surface area contributed by atoms with Crippen molar-refractivity contribution in [2.45, 2.75) is 19.4 Å². The molecule has 6 nitrogen and oxygen atoms in total. The quantitative estimate of drug-likeness (QED) is 0.633. The molecule has 1 saturated heterocycles. The Bertz CT molecular complexity index is 456. The van der Waals surface area contributed by atoms with Crippen LogP contribution >= 0.6 is 0 Å². The van der Waals surface area contributed by atoms with Crippen LogP contribution in [0.25, 0.3) is 0 Å². The molecule has 1 fully saturated rings. The van der Waals surface area contributed by atoms with Crippen LogP contribution in [0.2, 0.25) is 0 Å². The predicted octanol–water partition coefficient (Wildman–Crippen LogP) is 1.30. The minimum Gasteiger partial charge on any atom is -0.396 e. The topological polar surface area (TPSA) is 86.8 Å². The van der Waals surface area contributed by atoms with Crippen molar-refractivity contribution < 1.29 is 15.1 Å². The summed E-state index contributed by atoms with van der Waals surface area (Å²) < 4.78 is 0. The number of non-ortho nitro benzene ring substituents is 1. The van der Waals surface area contributed by atoms with Crippen molar-refractivity contribution >= 4 is 11.4 Å². The van der Waals surface area contributed by atoms with Crippen LogP contribution in [0.5, 0.6) is 0 Å². The van der Waals surface area contributed by atoms with Gasteiger partial charge in [-0.3, -0.25) is 10.1 Å². The molecule has 0 bridgehead atoms. The Labute approximate surface area is 111 Å². The van der Waals surface area contributed by atoms with Gasteiger partial charge in [-0.1, -0.05) is 0 Å².